The molecule has 0 aliphatic rings. The minimum absolute atomic E-state index is 0.155. The smallest absolute Gasteiger partial charge is 0.410 e. The topological polar surface area (TPSA) is 87.7 Å². The Balaban J connectivity index is 4.86. The molecule has 2 N–H and O–H groups in total. The second-order valence-electron chi connectivity index (χ2n) is 7.03. The number of nitrogens with one attached hydrogen (secondary N) is 2. The molecule has 0 bridgehead atoms. The molecule has 0 aromatic carbocycles. The summed E-state index contributed by atoms with van der Waals surface area (Å²) in [6.07, 6.45) is 1.72. The van der Waals surface area contributed by atoms with Crippen LogP contribution in [0.25, 0.3) is 0 Å². The highest BCUT2D eigenvalue weighted by atomic mass is 16.6. The molecule has 0 fully saturated rings. The first-order valence-electron chi connectivity index (χ1n) is 8.79. The highest BCUT2D eigenvalue weighted by Gasteiger charge is 2.20. The number of amides is 3. The summed E-state index contributed by atoms with van der Waals surface area (Å²) in [4.78, 5) is 37.4. The van der Waals surface area contributed by atoms with Crippen LogP contribution in [0.5, 0.6) is 0 Å². The molecular weight excluding hydrogens is 334 g/mol. The summed E-state index contributed by atoms with van der Waals surface area (Å²) in [5.41, 5.74) is 1.18. The SMILES string of the molecule is C/C=C(C)\C(NC(=O)CC)=C(/C)C(=O)NCCN(C)C(=O)OC(C)(C)C. The van der Waals surface area contributed by atoms with Crippen LogP contribution >= 0.6 is 0 Å². The van der Waals surface area contributed by atoms with Gasteiger partial charge in [-0.2, -0.15) is 0 Å². The van der Waals surface area contributed by atoms with Crippen LogP contribution in [-0.2, 0) is 14.3 Å². The van der Waals surface area contributed by atoms with Crippen LogP contribution in [-0.4, -0.2) is 48.5 Å². The maximum atomic E-state index is 12.4. The van der Waals surface area contributed by atoms with Crippen molar-refractivity contribution < 1.29 is 19.1 Å². The van der Waals surface area contributed by atoms with Gasteiger partial charge in [-0.15, -0.1) is 0 Å². The summed E-state index contributed by atoms with van der Waals surface area (Å²) in [6.45, 7) is 13.1. The molecule has 26 heavy (non-hydrogen) atoms. The number of rotatable bonds is 7. The van der Waals surface area contributed by atoms with Crippen LogP contribution in [0, 0.1) is 0 Å². The summed E-state index contributed by atoms with van der Waals surface area (Å²) in [5.74, 6) is -0.451. The lowest BCUT2D eigenvalue weighted by atomic mass is 10.1. The van der Waals surface area contributed by atoms with Crippen molar-refractivity contribution in [1.29, 1.82) is 0 Å². The van der Waals surface area contributed by atoms with Gasteiger partial charge in [-0.25, -0.2) is 4.79 Å². The van der Waals surface area contributed by atoms with E-state index in [1.807, 2.05) is 19.9 Å². The van der Waals surface area contributed by atoms with Crippen molar-refractivity contribution >= 4 is 17.9 Å². The van der Waals surface area contributed by atoms with E-state index in [9.17, 15) is 14.4 Å². The van der Waals surface area contributed by atoms with Crippen LogP contribution in [0.1, 0.15) is 54.9 Å². The Labute approximate surface area is 156 Å². The van der Waals surface area contributed by atoms with Crippen LogP contribution in [0.2, 0.25) is 0 Å². The monoisotopic (exact) mass is 367 g/mol. The van der Waals surface area contributed by atoms with E-state index in [4.69, 9.17) is 4.74 Å². The molecule has 7 nitrogen and oxygen atoms in total. The molecule has 0 atom stereocenters. The third-order valence-electron chi connectivity index (χ3n) is 3.57. The van der Waals surface area contributed by atoms with Gasteiger partial charge in [0.15, 0.2) is 0 Å². The number of nitrogens with zero attached hydrogens (tertiary/aromatic N) is 1. The molecule has 0 saturated heterocycles. The fraction of sp³-hybridized carbons (Fsp3) is 0.632. The van der Waals surface area contributed by atoms with E-state index in [1.165, 1.54) is 4.90 Å². The number of likely N-dealkylation sites (N-methyl/N-ethyl adjacent to an activating group) is 1. The van der Waals surface area contributed by atoms with E-state index < -0.39 is 11.7 Å². The quantitative estimate of drug-likeness (QED) is 0.535. The average Bonchev–Trinajstić information content (AvgIpc) is 2.56. The Bertz CT molecular complexity index is 586. The number of ether oxygens (including phenoxy) is 1. The third-order valence-corrected chi connectivity index (χ3v) is 3.57. The lowest BCUT2D eigenvalue weighted by molar-refractivity contribution is -0.120. The lowest BCUT2D eigenvalue weighted by Gasteiger charge is -2.24. The second kappa shape index (κ2) is 10.6. The molecule has 3 amide bonds. The largest absolute Gasteiger partial charge is 0.444 e. The van der Waals surface area contributed by atoms with Gasteiger partial charge in [0.25, 0.3) is 0 Å². The number of hydrogen-bond donors (Lipinski definition) is 2. The van der Waals surface area contributed by atoms with E-state index in [0.717, 1.165) is 5.57 Å². The first kappa shape index (κ1) is 23.7. The van der Waals surface area contributed by atoms with Gasteiger partial charge >= 0.3 is 6.09 Å². The molecule has 0 aliphatic carbocycles. The van der Waals surface area contributed by atoms with E-state index >= 15 is 0 Å². The second-order valence-corrected chi connectivity index (χ2v) is 7.03. The van der Waals surface area contributed by atoms with Crippen LogP contribution in [0.3, 0.4) is 0 Å². The Morgan fingerprint density at radius 1 is 1.15 bits per heavy atom. The predicted octanol–water partition coefficient (Wildman–Crippen LogP) is 2.74. The molecule has 0 spiro atoms. The van der Waals surface area contributed by atoms with Gasteiger partial charge in [-0.1, -0.05) is 13.0 Å². The van der Waals surface area contributed by atoms with Crippen LogP contribution in [0.4, 0.5) is 4.79 Å². The number of allylic oxidation sites excluding steroid dienone is 2. The molecule has 0 unspecified atom stereocenters. The number of carbonyl (C=O) groups is 3. The number of carbonyl (C=O) groups excluding carboxylic acids is 3. The Kier molecular flexibility index (Phi) is 9.69. The van der Waals surface area contributed by atoms with Crippen molar-refractivity contribution in [2.45, 2.75) is 60.5 Å². The fourth-order valence-corrected chi connectivity index (χ4v) is 1.87. The lowest BCUT2D eigenvalue weighted by Crippen LogP contribution is -2.39. The molecule has 0 heterocycles. The minimum Gasteiger partial charge on any atom is -0.444 e. The maximum Gasteiger partial charge on any atom is 0.410 e. The van der Waals surface area contributed by atoms with Gasteiger partial charge in [-0.05, 0) is 47.1 Å². The highest BCUT2D eigenvalue weighted by molar-refractivity contribution is 5.95. The molecular formula is C19H33N3O4. The third kappa shape index (κ3) is 8.69. The van der Waals surface area contributed by atoms with E-state index in [-0.39, 0.29) is 18.4 Å². The molecule has 0 radical (unpaired) electrons. The Hall–Kier alpha value is -2.31. The molecule has 7 heteroatoms. The van der Waals surface area contributed by atoms with Crippen molar-refractivity contribution in [2.24, 2.45) is 0 Å². The number of hydrogen-bond acceptors (Lipinski definition) is 4. The van der Waals surface area contributed by atoms with Gasteiger partial charge in [-0.3, -0.25) is 9.59 Å². The summed E-state index contributed by atoms with van der Waals surface area (Å²) >= 11 is 0. The Morgan fingerprint density at radius 3 is 2.19 bits per heavy atom. The van der Waals surface area contributed by atoms with Gasteiger partial charge in [0, 0.05) is 32.1 Å². The molecule has 0 saturated carbocycles. The van der Waals surface area contributed by atoms with E-state index in [0.29, 0.717) is 24.2 Å². The molecule has 0 aromatic heterocycles. The van der Waals surface area contributed by atoms with E-state index in [2.05, 4.69) is 10.6 Å². The first-order valence-corrected chi connectivity index (χ1v) is 8.79. The van der Waals surface area contributed by atoms with Crippen molar-refractivity contribution in [1.82, 2.24) is 15.5 Å². The van der Waals surface area contributed by atoms with Gasteiger partial charge in [0.1, 0.15) is 5.60 Å². The average molecular weight is 367 g/mol. The summed E-state index contributed by atoms with van der Waals surface area (Å²) < 4.78 is 5.25. The van der Waals surface area contributed by atoms with E-state index in [1.54, 1.807) is 41.7 Å². The summed E-state index contributed by atoms with van der Waals surface area (Å²) in [5, 5.41) is 5.53. The minimum atomic E-state index is -0.565. The fourth-order valence-electron chi connectivity index (χ4n) is 1.87. The highest BCUT2D eigenvalue weighted by Crippen LogP contribution is 2.12. The zero-order valence-electron chi connectivity index (χ0n) is 17.3. The molecule has 0 aromatic rings. The summed E-state index contributed by atoms with van der Waals surface area (Å²) in [6, 6.07) is 0. The van der Waals surface area contributed by atoms with Crippen molar-refractivity contribution in [3.63, 3.8) is 0 Å². The van der Waals surface area contributed by atoms with Crippen molar-refractivity contribution in [2.75, 3.05) is 20.1 Å². The van der Waals surface area contributed by atoms with Crippen LogP contribution in [0.15, 0.2) is 22.9 Å². The zero-order chi connectivity index (χ0) is 20.5. The maximum absolute atomic E-state index is 12.4. The summed E-state index contributed by atoms with van der Waals surface area (Å²) in [7, 11) is 1.61. The van der Waals surface area contributed by atoms with Gasteiger partial charge < -0.3 is 20.3 Å². The van der Waals surface area contributed by atoms with Gasteiger partial charge in [0.05, 0.1) is 5.70 Å². The normalized spacial score (nSPS) is 12.8. The van der Waals surface area contributed by atoms with Crippen molar-refractivity contribution in [3.8, 4) is 0 Å². The molecule has 148 valence electrons. The zero-order valence-corrected chi connectivity index (χ0v) is 17.3. The molecule has 0 rings (SSSR count). The standard InChI is InChI=1S/C19H33N3O4/c1-9-13(3)16(21-15(23)10-2)14(4)17(24)20-11-12-22(8)18(25)26-19(5,6)7/h9H,10-12H2,1-8H3,(H,20,24)(H,21,23)/b13-9-,16-14-. The Morgan fingerprint density at radius 2 is 1.73 bits per heavy atom. The first-order chi connectivity index (χ1) is 11.9. The predicted molar refractivity (Wildman–Crippen MR) is 102 cm³/mol. The molecule has 0 aliphatic heterocycles. The van der Waals surface area contributed by atoms with Gasteiger partial charge in [0.2, 0.25) is 11.8 Å². The van der Waals surface area contributed by atoms with Crippen LogP contribution < -0.4 is 10.6 Å². The van der Waals surface area contributed by atoms with Crippen molar-refractivity contribution in [3.05, 3.63) is 22.9 Å².